The van der Waals surface area contributed by atoms with E-state index in [0.717, 1.165) is 6.42 Å². The molecule has 0 fully saturated rings. The average Bonchev–Trinajstić information content (AvgIpc) is 3.35. The highest BCUT2D eigenvalue weighted by Gasteiger charge is 2.23. The predicted molar refractivity (Wildman–Crippen MR) is 129 cm³/mol. The van der Waals surface area contributed by atoms with Crippen molar-refractivity contribution in [1.82, 2.24) is 0 Å². The summed E-state index contributed by atoms with van der Waals surface area (Å²) in [6, 6.07) is 28.2. The number of rotatable bonds is 3. The first kappa shape index (κ1) is 19.2. The second-order valence-corrected chi connectivity index (χ2v) is 10.9. The molecule has 0 unspecified atom stereocenters. The van der Waals surface area contributed by atoms with Gasteiger partial charge in [-0.2, -0.15) is 0 Å². The van der Waals surface area contributed by atoms with Crippen molar-refractivity contribution in [1.29, 1.82) is 0 Å². The van der Waals surface area contributed by atoms with Crippen LogP contribution in [0.1, 0.15) is 38.3 Å². The van der Waals surface area contributed by atoms with E-state index < -0.39 is 0 Å². The second kappa shape index (κ2) is 7.48. The van der Waals surface area contributed by atoms with E-state index in [1.807, 2.05) is 0 Å². The van der Waals surface area contributed by atoms with Gasteiger partial charge in [0.25, 0.3) is 0 Å². The Balaban J connectivity index is 1.64. The fraction of sp³-hybridized carbons (Fsp3) is 0.207. The molecule has 5 rings (SSSR count). The van der Waals surface area contributed by atoms with Gasteiger partial charge in [-0.25, -0.2) is 0 Å². The molecular weight excluding hydrogens is 376 g/mol. The highest BCUT2D eigenvalue weighted by Crippen LogP contribution is 2.38. The Bertz CT molecular complexity index is 1400. The van der Waals surface area contributed by atoms with Crippen LogP contribution in [0.5, 0.6) is 0 Å². The smallest absolute Gasteiger partial charge is 0.00736 e. The molecule has 0 amide bonds. The van der Waals surface area contributed by atoms with Gasteiger partial charge in [0.1, 0.15) is 0 Å². The summed E-state index contributed by atoms with van der Waals surface area (Å²) >= 11 is 0. The van der Waals surface area contributed by atoms with Gasteiger partial charge in [0, 0.05) is 9.13 Å². The summed E-state index contributed by atoms with van der Waals surface area (Å²) in [5, 5.41) is 4.18. The van der Waals surface area contributed by atoms with Gasteiger partial charge in [0.05, 0.1) is 0 Å². The van der Waals surface area contributed by atoms with Crippen molar-refractivity contribution < 1.29 is 0 Å². The lowest BCUT2D eigenvalue weighted by atomic mass is 9.87. The summed E-state index contributed by atoms with van der Waals surface area (Å²) in [4.78, 5) is 1.51. The maximum atomic E-state index is 2.48. The first-order valence-electron chi connectivity index (χ1n) is 10.9. The van der Waals surface area contributed by atoms with Crippen molar-refractivity contribution in [2.24, 2.45) is 5.41 Å². The summed E-state index contributed by atoms with van der Waals surface area (Å²) in [7, 11) is 0.228. The number of hydrogen-bond acceptors (Lipinski definition) is 0. The van der Waals surface area contributed by atoms with Gasteiger partial charge in [-0.1, -0.05) is 106 Å². The summed E-state index contributed by atoms with van der Waals surface area (Å²) < 4.78 is 0. The second-order valence-electron chi connectivity index (χ2n) is 9.40. The van der Waals surface area contributed by atoms with E-state index in [-0.39, 0.29) is 14.5 Å². The zero-order valence-electron chi connectivity index (χ0n) is 18.1. The molecule has 0 spiro atoms. The summed E-state index contributed by atoms with van der Waals surface area (Å²) in [6.45, 7) is 6.93. The van der Waals surface area contributed by atoms with Crippen LogP contribution in [0.3, 0.4) is 0 Å². The van der Waals surface area contributed by atoms with Crippen LogP contribution in [0.25, 0.3) is 5.57 Å². The molecule has 0 bridgehead atoms. The minimum Gasteiger partial charge on any atom is -0.0763 e. The molecule has 0 aliphatic heterocycles. The summed E-state index contributed by atoms with van der Waals surface area (Å²) in [6.07, 6.45) is 5.91. The Hall–Kier alpha value is -2.77. The average molecular weight is 405 g/mol. The Morgan fingerprint density at radius 3 is 2.27 bits per heavy atom. The molecule has 2 aliphatic carbocycles. The van der Waals surface area contributed by atoms with Crippen LogP contribution in [0, 0.1) is 20.7 Å². The van der Waals surface area contributed by atoms with E-state index in [9.17, 15) is 0 Å². The Kier molecular flexibility index (Phi) is 4.79. The van der Waals surface area contributed by atoms with Crippen LogP contribution in [-0.2, 0) is 6.04 Å². The number of benzene rings is 3. The summed E-state index contributed by atoms with van der Waals surface area (Å²) in [5.41, 5.74) is 7.47. The van der Waals surface area contributed by atoms with Crippen LogP contribution >= 0.6 is 0 Å². The van der Waals surface area contributed by atoms with Crippen molar-refractivity contribution in [3.8, 4) is 0 Å². The van der Waals surface area contributed by atoms with Crippen LogP contribution in [0.15, 0.2) is 96.1 Å². The minimum absolute atomic E-state index is 0.199. The maximum absolute atomic E-state index is 2.48. The molecule has 3 aromatic rings. The van der Waals surface area contributed by atoms with E-state index in [0.29, 0.717) is 0 Å². The SMILES string of the molecule is CC(C)(C)C1=CCC(C2=c3ccccc3=c3ccc(=[SiH]Cc4ccccc4)cc32)=C1. The molecule has 0 saturated heterocycles. The third-order valence-electron chi connectivity index (χ3n) is 6.27. The monoisotopic (exact) mass is 404 g/mol. The summed E-state index contributed by atoms with van der Waals surface area (Å²) in [5.74, 6) is 0. The molecule has 0 radical (unpaired) electrons. The van der Waals surface area contributed by atoms with Gasteiger partial charge in [0.2, 0.25) is 0 Å². The van der Waals surface area contributed by atoms with Crippen molar-refractivity contribution in [3.05, 3.63) is 128 Å². The zero-order valence-corrected chi connectivity index (χ0v) is 19.2. The standard InChI is InChI=1S/C29H28Si/c1-29(2,3)22-14-13-21(17-22)28-26-12-8-7-11-24(26)25-16-15-23(18-27(25)28)30-19-20-9-5-4-6-10-20/h4-12,14-18,30H,13,19H2,1-3H3. The molecular formula is C29H28Si. The minimum atomic E-state index is 0.199. The lowest BCUT2D eigenvalue weighted by Crippen LogP contribution is -2.07. The quantitative estimate of drug-likeness (QED) is 0.493. The third-order valence-corrected chi connectivity index (χ3v) is 7.78. The molecule has 0 aromatic heterocycles. The van der Waals surface area contributed by atoms with Crippen molar-refractivity contribution >= 4 is 14.7 Å². The molecule has 2 aliphatic rings. The van der Waals surface area contributed by atoms with E-state index >= 15 is 0 Å². The zero-order chi connectivity index (χ0) is 20.7. The molecule has 30 heavy (non-hydrogen) atoms. The van der Waals surface area contributed by atoms with Gasteiger partial charge in [-0.05, 0) is 66.2 Å². The van der Waals surface area contributed by atoms with Crippen molar-refractivity contribution in [2.45, 2.75) is 33.2 Å². The van der Waals surface area contributed by atoms with Gasteiger partial charge < -0.3 is 0 Å². The van der Waals surface area contributed by atoms with Crippen molar-refractivity contribution in [3.63, 3.8) is 0 Å². The lowest BCUT2D eigenvalue weighted by Gasteiger charge is -2.18. The Morgan fingerprint density at radius 2 is 1.53 bits per heavy atom. The van der Waals surface area contributed by atoms with E-state index in [2.05, 4.69) is 106 Å². The number of fused-ring (bicyclic) bond motifs is 2. The van der Waals surface area contributed by atoms with Gasteiger partial charge in [-0.15, -0.1) is 0 Å². The third kappa shape index (κ3) is 3.48. The molecule has 0 atom stereocenters. The number of allylic oxidation sites excluding steroid dienone is 4. The van der Waals surface area contributed by atoms with Gasteiger partial charge in [-0.3, -0.25) is 0 Å². The fourth-order valence-corrected chi connectivity index (χ4v) is 5.89. The molecule has 1 heteroatoms. The molecule has 0 heterocycles. The largest absolute Gasteiger partial charge is 0.0763 e. The normalized spacial score (nSPS) is 15.7. The van der Waals surface area contributed by atoms with Crippen LogP contribution in [-0.4, -0.2) is 9.13 Å². The lowest BCUT2D eigenvalue weighted by molar-refractivity contribution is 0.518. The van der Waals surface area contributed by atoms with Gasteiger partial charge in [0.15, 0.2) is 0 Å². The number of hydrogen-bond donors (Lipinski definition) is 0. The molecule has 0 saturated carbocycles. The highest BCUT2D eigenvalue weighted by atomic mass is 28.2. The maximum Gasteiger partial charge on any atom is 0.00736 e. The van der Waals surface area contributed by atoms with Crippen LogP contribution < -0.4 is 5.22 Å². The molecule has 0 N–H and O–H groups in total. The van der Waals surface area contributed by atoms with E-state index in [4.69, 9.17) is 0 Å². The first-order chi connectivity index (χ1) is 14.5. The topological polar surface area (TPSA) is 0 Å². The van der Waals surface area contributed by atoms with Gasteiger partial charge >= 0.3 is 0 Å². The Morgan fingerprint density at radius 1 is 0.800 bits per heavy atom. The van der Waals surface area contributed by atoms with E-state index in [1.54, 1.807) is 0 Å². The predicted octanol–water partition coefficient (Wildman–Crippen LogP) is 5.68. The van der Waals surface area contributed by atoms with Crippen LogP contribution in [0.2, 0.25) is 0 Å². The highest BCUT2D eigenvalue weighted by molar-refractivity contribution is 6.26. The molecule has 3 aromatic carbocycles. The Labute approximate surface area is 181 Å². The van der Waals surface area contributed by atoms with Crippen LogP contribution in [0.4, 0.5) is 0 Å². The molecule has 0 nitrogen and oxygen atoms in total. The van der Waals surface area contributed by atoms with Crippen molar-refractivity contribution in [2.75, 3.05) is 0 Å². The van der Waals surface area contributed by atoms with E-state index in [1.165, 1.54) is 54.4 Å². The fourth-order valence-electron chi connectivity index (χ4n) is 4.63. The molecule has 148 valence electrons. The first-order valence-corrected chi connectivity index (χ1v) is 12.3.